The molecule has 5 heteroatoms. The Kier molecular flexibility index (Phi) is 3.45. The van der Waals surface area contributed by atoms with E-state index >= 15 is 0 Å². The molecule has 1 aromatic heterocycles. The number of para-hydroxylation sites is 1. The molecule has 3 rings (SSSR count). The van der Waals surface area contributed by atoms with Gasteiger partial charge in [-0.3, -0.25) is 0 Å². The molecule has 0 radical (unpaired) electrons. The van der Waals surface area contributed by atoms with Gasteiger partial charge in [0.05, 0.1) is 5.16 Å². The Morgan fingerprint density at radius 2 is 2.19 bits per heavy atom. The summed E-state index contributed by atoms with van der Waals surface area (Å²) in [4.78, 5) is 8.16. The predicted octanol–water partition coefficient (Wildman–Crippen LogP) is 4.32. The highest BCUT2D eigenvalue weighted by Crippen LogP contribution is 2.44. The van der Waals surface area contributed by atoms with E-state index in [0.717, 1.165) is 17.7 Å². The number of hydrogen-bond acceptors (Lipinski definition) is 5. The Labute approximate surface area is 128 Å². The molecule has 106 valence electrons. The summed E-state index contributed by atoms with van der Waals surface area (Å²) >= 11 is 4.64. The van der Waals surface area contributed by atoms with Crippen LogP contribution in [0, 0.1) is 0 Å². The first kappa shape index (κ1) is 13.7. The number of isothiocyanates is 1. The summed E-state index contributed by atoms with van der Waals surface area (Å²) < 4.78 is 11.9. The van der Waals surface area contributed by atoms with Gasteiger partial charge in [-0.05, 0) is 44.3 Å². The van der Waals surface area contributed by atoms with Gasteiger partial charge in [0.15, 0.2) is 11.5 Å². The van der Waals surface area contributed by atoms with E-state index in [4.69, 9.17) is 9.47 Å². The number of nitrogens with zero attached hydrogens (tertiary/aromatic N) is 2. The number of aliphatic imine (C=N–C) groups is 1. The Morgan fingerprint density at radius 3 is 3.00 bits per heavy atom. The van der Waals surface area contributed by atoms with Crippen LogP contribution in [0.2, 0.25) is 0 Å². The fraction of sp³-hybridized carbons (Fsp3) is 0.250. The van der Waals surface area contributed by atoms with Gasteiger partial charge in [0.2, 0.25) is 5.88 Å². The molecule has 0 fully saturated rings. The number of pyridine rings is 1. The third-order valence-corrected chi connectivity index (χ3v) is 3.27. The van der Waals surface area contributed by atoms with Crippen molar-refractivity contribution in [2.24, 2.45) is 4.99 Å². The molecule has 4 nitrogen and oxygen atoms in total. The lowest BCUT2D eigenvalue weighted by atomic mass is 10.0. The smallest absolute Gasteiger partial charge is 0.246 e. The molecule has 0 saturated carbocycles. The van der Waals surface area contributed by atoms with Gasteiger partial charge in [0.1, 0.15) is 11.3 Å². The second kappa shape index (κ2) is 5.28. The second-order valence-corrected chi connectivity index (χ2v) is 5.60. The number of aromatic nitrogens is 1. The molecule has 21 heavy (non-hydrogen) atoms. The van der Waals surface area contributed by atoms with E-state index in [0.29, 0.717) is 17.3 Å². The summed E-state index contributed by atoms with van der Waals surface area (Å²) in [6.07, 6.45) is 2.50. The maximum atomic E-state index is 5.98. The molecule has 0 N–H and O–H groups in total. The molecule has 0 spiro atoms. The van der Waals surface area contributed by atoms with Crippen LogP contribution >= 0.6 is 12.2 Å². The first-order valence-corrected chi connectivity index (χ1v) is 7.01. The van der Waals surface area contributed by atoms with Crippen LogP contribution in [-0.4, -0.2) is 15.7 Å². The van der Waals surface area contributed by atoms with E-state index in [9.17, 15) is 0 Å². The molecule has 2 heterocycles. The lowest BCUT2D eigenvalue weighted by molar-refractivity contribution is 0.135. The summed E-state index contributed by atoms with van der Waals surface area (Å²) in [5.41, 5.74) is 1.46. The summed E-state index contributed by atoms with van der Waals surface area (Å²) in [6, 6.07) is 9.40. The van der Waals surface area contributed by atoms with Crippen LogP contribution in [0.4, 0.5) is 5.69 Å². The van der Waals surface area contributed by atoms with Gasteiger partial charge in [-0.2, -0.15) is 4.99 Å². The summed E-state index contributed by atoms with van der Waals surface area (Å²) in [7, 11) is 0. The molecule has 1 aliphatic rings. The normalized spacial score (nSPS) is 14.8. The minimum atomic E-state index is -0.221. The number of fused-ring (bicyclic) bond motifs is 1. The molecule has 1 aromatic carbocycles. The SMILES string of the molecule is CC1(C)Cc2cccc(Oc3ncccc3N=C=S)c2O1. The minimum Gasteiger partial charge on any atom is -0.483 e. The number of rotatable bonds is 3. The van der Waals surface area contributed by atoms with Gasteiger partial charge in [-0.15, -0.1) is 0 Å². The Hall–Kier alpha value is -2.23. The molecule has 0 atom stereocenters. The number of ether oxygens (including phenoxy) is 2. The zero-order valence-electron chi connectivity index (χ0n) is 11.8. The van der Waals surface area contributed by atoms with Crippen LogP contribution in [0.5, 0.6) is 17.4 Å². The Bertz CT molecular complexity index is 737. The van der Waals surface area contributed by atoms with E-state index in [-0.39, 0.29) is 5.60 Å². The largest absolute Gasteiger partial charge is 0.483 e. The average molecular weight is 298 g/mol. The van der Waals surface area contributed by atoms with Crippen molar-refractivity contribution in [2.75, 3.05) is 0 Å². The highest BCUT2D eigenvalue weighted by Gasteiger charge is 2.32. The van der Waals surface area contributed by atoms with Gasteiger partial charge in [0.25, 0.3) is 0 Å². The topological polar surface area (TPSA) is 43.7 Å². The van der Waals surface area contributed by atoms with Crippen molar-refractivity contribution in [3.8, 4) is 17.4 Å². The maximum absolute atomic E-state index is 5.98. The molecule has 0 bridgehead atoms. The van der Waals surface area contributed by atoms with Crippen LogP contribution < -0.4 is 9.47 Å². The maximum Gasteiger partial charge on any atom is 0.246 e. The van der Waals surface area contributed by atoms with Crippen molar-refractivity contribution in [2.45, 2.75) is 25.9 Å². The second-order valence-electron chi connectivity index (χ2n) is 5.42. The van der Waals surface area contributed by atoms with Crippen LogP contribution in [0.15, 0.2) is 41.5 Å². The molecule has 0 amide bonds. The van der Waals surface area contributed by atoms with Crippen molar-refractivity contribution < 1.29 is 9.47 Å². The minimum absolute atomic E-state index is 0.221. The van der Waals surface area contributed by atoms with E-state index in [1.165, 1.54) is 0 Å². The Balaban J connectivity index is 1.98. The Morgan fingerprint density at radius 1 is 1.33 bits per heavy atom. The molecule has 0 saturated heterocycles. The molecule has 2 aromatic rings. The average Bonchev–Trinajstić information content (AvgIpc) is 2.76. The van der Waals surface area contributed by atoms with Crippen molar-refractivity contribution in [3.05, 3.63) is 42.1 Å². The lowest BCUT2D eigenvalue weighted by Crippen LogP contribution is -2.24. The van der Waals surface area contributed by atoms with Crippen LogP contribution in [-0.2, 0) is 6.42 Å². The summed E-state index contributed by atoms with van der Waals surface area (Å²) in [5, 5.41) is 2.33. The summed E-state index contributed by atoms with van der Waals surface area (Å²) in [5.74, 6) is 1.79. The monoisotopic (exact) mass is 298 g/mol. The molecule has 0 unspecified atom stereocenters. The van der Waals surface area contributed by atoms with Crippen molar-refractivity contribution in [3.63, 3.8) is 0 Å². The first-order chi connectivity index (χ1) is 10.1. The van der Waals surface area contributed by atoms with E-state index in [1.807, 2.05) is 18.2 Å². The standard InChI is InChI=1S/C16H14N2O2S/c1-16(2)9-11-5-3-7-13(14(11)20-16)19-15-12(18-10-21)6-4-8-17-15/h3-8H,9H2,1-2H3. The fourth-order valence-corrected chi connectivity index (χ4v) is 2.47. The number of benzene rings is 1. The zero-order chi connectivity index (χ0) is 14.9. The predicted molar refractivity (Wildman–Crippen MR) is 83.9 cm³/mol. The first-order valence-electron chi connectivity index (χ1n) is 6.61. The van der Waals surface area contributed by atoms with E-state index in [2.05, 4.69) is 41.2 Å². The zero-order valence-corrected chi connectivity index (χ0v) is 12.6. The van der Waals surface area contributed by atoms with Crippen molar-refractivity contribution >= 4 is 23.1 Å². The molecular weight excluding hydrogens is 284 g/mol. The van der Waals surface area contributed by atoms with Crippen LogP contribution in [0.1, 0.15) is 19.4 Å². The van der Waals surface area contributed by atoms with Crippen LogP contribution in [0.3, 0.4) is 0 Å². The van der Waals surface area contributed by atoms with Gasteiger partial charge in [-0.1, -0.05) is 12.1 Å². The number of thiocarbonyl (C=S) groups is 1. The third kappa shape index (κ3) is 2.79. The highest BCUT2D eigenvalue weighted by molar-refractivity contribution is 7.78. The molecule has 0 aliphatic carbocycles. The van der Waals surface area contributed by atoms with Gasteiger partial charge < -0.3 is 9.47 Å². The third-order valence-electron chi connectivity index (χ3n) is 3.18. The lowest BCUT2D eigenvalue weighted by Gasteiger charge is -2.18. The van der Waals surface area contributed by atoms with Gasteiger partial charge in [0, 0.05) is 18.2 Å². The quantitative estimate of drug-likeness (QED) is 0.625. The highest BCUT2D eigenvalue weighted by atomic mass is 32.1. The number of hydrogen-bond donors (Lipinski definition) is 0. The fourth-order valence-electron chi connectivity index (χ4n) is 2.37. The van der Waals surface area contributed by atoms with Crippen molar-refractivity contribution in [1.82, 2.24) is 4.98 Å². The van der Waals surface area contributed by atoms with Crippen molar-refractivity contribution in [1.29, 1.82) is 0 Å². The van der Waals surface area contributed by atoms with Gasteiger partial charge in [-0.25, -0.2) is 4.98 Å². The van der Waals surface area contributed by atoms with E-state index < -0.39 is 0 Å². The molecular formula is C16H14N2O2S. The van der Waals surface area contributed by atoms with Gasteiger partial charge >= 0.3 is 0 Å². The van der Waals surface area contributed by atoms with E-state index in [1.54, 1.807) is 18.3 Å². The van der Waals surface area contributed by atoms with Crippen LogP contribution in [0.25, 0.3) is 0 Å². The molecule has 1 aliphatic heterocycles. The summed E-state index contributed by atoms with van der Waals surface area (Å²) in [6.45, 7) is 4.11.